The maximum atomic E-state index is 10.9. The average Bonchev–Trinajstić information content (AvgIpc) is 3.10. The molecule has 0 aliphatic heterocycles. The van der Waals surface area contributed by atoms with Gasteiger partial charge in [0.2, 0.25) is 0 Å². The van der Waals surface area contributed by atoms with E-state index in [0.717, 1.165) is 12.8 Å². The van der Waals surface area contributed by atoms with E-state index in [9.17, 15) is 4.79 Å². The normalized spacial score (nSPS) is 14.6. The van der Waals surface area contributed by atoms with Gasteiger partial charge in [-0.15, -0.1) is 0 Å². The number of nitrogen functional groups attached to an aromatic ring is 1. The summed E-state index contributed by atoms with van der Waals surface area (Å²) in [6.45, 7) is 0.417. The number of carbonyl (C=O) groups is 1. The fourth-order valence-electron chi connectivity index (χ4n) is 1.76. The summed E-state index contributed by atoms with van der Waals surface area (Å²) in [7, 11) is 0. The van der Waals surface area contributed by atoms with Crippen molar-refractivity contribution in [3.63, 3.8) is 0 Å². The van der Waals surface area contributed by atoms with Crippen molar-refractivity contribution in [1.82, 2.24) is 4.98 Å². The summed E-state index contributed by atoms with van der Waals surface area (Å²) in [4.78, 5) is 16.8. The van der Waals surface area contributed by atoms with E-state index in [1.54, 1.807) is 6.07 Å². The minimum absolute atomic E-state index is 0.00504. The van der Waals surface area contributed by atoms with Gasteiger partial charge in [-0.1, -0.05) is 0 Å². The Balaban J connectivity index is 2.33. The minimum Gasteiger partial charge on any atom is -0.477 e. The molecule has 0 spiro atoms. The molecule has 1 aliphatic rings. The average molecular weight is 237 g/mol. The highest BCUT2D eigenvalue weighted by Gasteiger charge is 2.31. The molecule has 6 heteroatoms. The molecule has 0 amide bonds. The minimum atomic E-state index is -1.08. The number of nitrogens with zero attached hydrogens (tertiary/aromatic N) is 2. The lowest BCUT2D eigenvalue weighted by Crippen LogP contribution is -2.31. The van der Waals surface area contributed by atoms with Gasteiger partial charge in [0.05, 0.1) is 12.3 Å². The number of anilines is 2. The smallest absolute Gasteiger partial charge is 0.354 e. The summed E-state index contributed by atoms with van der Waals surface area (Å²) in [6.07, 6.45) is 2.05. The number of carboxylic acid groups (broad SMARTS) is 1. The van der Waals surface area contributed by atoms with Crippen molar-refractivity contribution in [2.45, 2.75) is 18.9 Å². The number of hydrogen-bond donors (Lipinski definition) is 3. The van der Waals surface area contributed by atoms with Crippen LogP contribution < -0.4 is 10.6 Å². The number of hydrogen-bond acceptors (Lipinski definition) is 5. The van der Waals surface area contributed by atoms with E-state index in [1.165, 1.54) is 6.07 Å². The van der Waals surface area contributed by atoms with Crippen LogP contribution in [0.5, 0.6) is 0 Å². The van der Waals surface area contributed by atoms with E-state index in [0.29, 0.717) is 24.1 Å². The second-order valence-electron chi connectivity index (χ2n) is 4.06. The van der Waals surface area contributed by atoms with Crippen molar-refractivity contribution in [1.29, 1.82) is 0 Å². The van der Waals surface area contributed by atoms with E-state index >= 15 is 0 Å². The molecule has 92 valence electrons. The zero-order chi connectivity index (χ0) is 12.4. The number of aliphatic hydroxyl groups is 1. The van der Waals surface area contributed by atoms with Crippen molar-refractivity contribution in [2.24, 2.45) is 0 Å². The van der Waals surface area contributed by atoms with Crippen molar-refractivity contribution < 1.29 is 15.0 Å². The van der Waals surface area contributed by atoms with Crippen molar-refractivity contribution >= 4 is 17.5 Å². The third-order valence-electron chi connectivity index (χ3n) is 2.73. The van der Waals surface area contributed by atoms with Gasteiger partial charge in [-0.3, -0.25) is 0 Å². The number of carboxylic acids is 1. The van der Waals surface area contributed by atoms with E-state index in [4.69, 9.17) is 15.9 Å². The Labute approximate surface area is 98.7 Å². The topological polar surface area (TPSA) is 99.7 Å². The van der Waals surface area contributed by atoms with Crippen molar-refractivity contribution in [3.05, 3.63) is 17.8 Å². The van der Waals surface area contributed by atoms with E-state index in [2.05, 4.69) is 4.98 Å². The maximum absolute atomic E-state index is 10.9. The van der Waals surface area contributed by atoms with Crippen LogP contribution in [0.2, 0.25) is 0 Å². The number of aromatic nitrogens is 1. The van der Waals surface area contributed by atoms with Crippen LogP contribution >= 0.6 is 0 Å². The fourth-order valence-corrected chi connectivity index (χ4v) is 1.76. The highest BCUT2D eigenvalue weighted by Crippen LogP contribution is 2.33. The molecule has 0 unspecified atom stereocenters. The third-order valence-corrected chi connectivity index (χ3v) is 2.73. The summed E-state index contributed by atoms with van der Waals surface area (Å²) in [5, 5.41) is 17.9. The molecule has 1 aromatic heterocycles. The first-order valence-electron chi connectivity index (χ1n) is 5.51. The quantitative estimate of drug-likeness (QED) is 0.682. The highest BCUT2D eigenvalue weighted by atomic mass is 16.4. The van der Waals surface area contributed by atoms with Gasteiger partial charge in [0.15, 0.2) is 11.5 Å². The Morgan fingerprint density at radius 1 is 1.53 bits per heavy atom. The first-order chi connectivity index (χ1) is 8.13. The maximum Gasteiger partial charge on any atom is 0.354 e. The van der Waals surface area contributed by atoms with Crippen LogP contribution in [-0.4, -0.2) is 40.4 Å². The molecule has 1 saturated carbocycles. The lowest BCUT2D eigenvalue weighted by Gasteiger charge is -2.24. The molecule has 1 heterocycles. The Morgan fingerprint density at radius 2 is 2.24 bits per heavy atom. The molecular weight excluding hydrogens is 222 g/mol. The van der Waals surface area contributed by atoms with Crippen molar-refractivity contribution in [2.75, 3.05) is 23.8 Å². The summed E-state index contributed by atoms with van der Waals surface area (Å²) >= 11 is 0. The second kappa shape index (κ2) is 4.58. The first-order valence-corrected chi connectivity index (χ1v) is 5.51. The van der Waals surface area contributed by atoms with Crippen LogP contribution in [0.25, 0.3) is 0 Å². The lowest BCUT2D eigenvalue weighted by atomic mass is 10.3. The number of pyridine rings is 1. The summed E-state index contributed by atoms with van der Waals surface area (Å²) in [5.74, 6) is -0.618. The van der Waals surface area contributed by atoms with Gasteiger partial charge >= 0.3 is 5.97 Å². The van der Waals surface area contributed by atoms with E-state index in [1.807, 2.05) is 4.90 Å². The van der Waals surface area contributed by atoms with Gasteiger partial charge in [0.25, 0.3) is 0 Å². The molecule has 4 N–H and O–H groups in total. The Bertz CT molecular complexity index is 432. The number of rotatable bonds is 5. The van der Waals surface area contributed by atoms with Gasteiger partial charge < -0.3 is 20.8 Å². The fraction of sp³-hybridized carbons (Fsp3) is 0.455. The monoisotopic (exact) mass is 237 g/mol. The second-order valence-corrected chi connectivity index (χ2v) is 4.06. The molecule has 17 heavy (non-hydrogen) atoms. The van der Waals surface area contributed by atoms with Crippen LogP contribution in [-0.2, 0) is 0 Å². The predicted octanol–water partition coefficient (Wildman–Crippen LogP) is 0.323. The zero-order valence-electron chi connectivity index (χ0n) is 9.33. The Morgan fingerprint density at radius 3 is 2.76 bits per heavy atom. The van der Waals surface area contributed by atoms with Gasteiger partial charge in [-0.05, 0) is 25.0 Å². The van der Waals surface area contributed by atoms with Crippen LogP contribution in [0.3, 0.4) is 0 Å². The summed E-state index contributed by atoms with van der Waals surface area (Å²) in [6, 6.07) is 3.24. The van der Waals surface area contributed by atoms with Gasteiger partial charge in [-0.25, -0.2) is 9.78 Å². The molecule has 1 fully saturated rings. The highest BCUT2D eigenvalue weighted by molar-refractivity contribution is 5.87. The van der Waals surface area contributed by atoms with Gasteiger partial charge in [0, 0.05) is 12.6 Å². The van der Waals surface area contributed by atoms with Gasteiger partial charge in [-0.2, -0.15) is 0 Å². The number of nitrogens with two attached hydrogens (primary N) is 1. The van der Waals surface area contributed by atoms with Crippen LogP contribution in [0.15, 0.2) is 12.1 Å². The van der Waals surface area contributed by atoms with E-state index < -0.39 is 5.97 Å². The molecule has 0 radical (unpaired) electrons. The first kappa shape index (κ1) is 11.7. The molecule has 6 nitrogen and oxygen atoms in total. The molecule has 0 atom stereocenters. The molecular formula is C11H15N3O3. The molecule has 0 aromatic carbocycles. The molecule has 0 bridgehead atoms. The Hall–Kier alpha value is -1.82. The molecule has 1 aromatic rings. The van der Waals surface area contributed by atoms with Gasteiger partial charge in [0.1, 0.15) is 0 Å². The SMILES string of the molecule is Nc1ccc(C(=O)O)nc1N(CCO)C1CC1. The van der Waals surface area contributed by atoms with Crippen LogP contribution in [0.4, 0.5) is 11.5 Å². The predicted molar refractivity (Wildman–Crippen MR) is 63.1 cm³/mol. The zero-order valence-corrected chi connectivity index (χ0v) is 9.33. The number of aromatic carboxylic acids is 1. The molecule has 0 saturated heterocycles. The Kier molecular flexibility index (Phi) is 3.14. The standard InChI is InChI=1S/C11H15N3O3/c12-8-3-4-9(11(16)17)13-10(8)14(5-6-15)7-1-2-7/h3-4,7,15H,1-2,5-6,12H2,(H,16,17). The number of aliphatic hydroxyl groups excluding tert-OH is 1. The van der Waals surface area contributed by atoms with Crippen molar-refractivity contribution in [3.8, 4) is 0 Å². The summed E-state index contributed by atoms with van der Waals surface area (Å²) < 4.78 is 0. The van der Waals surface area contributed by atoms with Crippen LogP contribution in [0, 0.1) is 0 Å². The van der Waals surface area contributed by atoms with E-state index in [-0.39, 0.29) is 12.3 Å². The molecule has 1 aliphatic carbocycles. The van der Waals surface area contributed by atoms with Crippen LogP contribution in [0.1, 0.15) is 23.3 Å². The lowest BCUT2D eigenvalue weighted by molar-refractivity contribution is 0.0690. The summed E-state index contributed by atoms with van der Waals surface area (Å²) in [5.41, 5.74) is 6.22. The third kappa shape index (κ3) is 2.47. The largest absolute Gasteiger partial charge is 0.477 e. The molecule has 2 rings (SSSR count).